The molecule has 0 radical (unpaired) electrons. The van der Waals surface area contributed by atoms with Gasteiger partial charge in [-0.05, 0) is 98.2 Å². The normalized spacial score (nSPS) is 57.7. The molecule has 11 fully saturated rings. The predicted molar refractivity (Wildman–Crippen MR) is 284 cm³/mol. The van der Waals surface area contributed by atoms with Crippen LogP contribution in [-0.2, 0) is 52.1 Å². The largest absolute Gasteiger partial charge is 0.396 e. The van der Waals surface area contributed by atoms with Crippen LogP contribution in [0.5, 0.6) is 0 Å². The van der Waals surface area contributed by atoms with Crippen molar-refractivity contribution in [2.45, 2.75) is 265 Å². The van der Waals surface area contributed by atoms with Gasteiger partial charge in [0.05, 0.1) is 64.1 Å². The fraction of sp³-hybridized carbons (Fsp3) is 1.00. The van der Waals surface area contributed by atoms with Crippen LogP contribution in [0, 0.1) is 50.2 Å². The third-order valence-corrected chi connectivity index (χ3v) is 24.1. The Bertz CT molecular complexity index is 2300. The van der Waals surface area contributed by atoms with Gasteiger partial charge in [-0.25, -0.2) is 0 Å². The zero-order chi connectivity index (χ0) is 61.5. The Hall–Kier alpha value is -1.08. The molecule has 34 atom stereocenters. The third-order valence-electron chi connectivity index (χ3n) is 24.1. The first-order valence-electron chi connectivity index (χ1n) is 30.7. The summed E-state index contributed by atoms with van der Waals surface area (Å²) in [6.45, 7) is 10.7. The standard InChI is InChI=1S/C58H96O27/c1-52(2)13-14-57-23-77-58(31(57)15-52)12-8-30-53(3)10-9-32(54(4,22-62)29(53)7-11-55(30,5)56(58,6)16-33(57)83-47-41(71)34(64)24(63)20-75-47)82-51-46(37(67)28(21-76-51)81-48-42(72)38(68)35(65)25(17-59)78-48)85-50-44(74)40(70)45(27(19-61)80-50)84-49-43(73)39(69)36(66)26(18-60)79-49/h24-51,59-74H,7-23H2,1-6H3. The van der Waals surface area contributed by atoms with Gasteiger partial charge in [0.2, 0.25) is 0 Å². The molecule has 0 aromatic carbocycles. The summed E-state index contributed by atoms with van der Waals surface area (Å²) in [7, 11) is 0. The highest BCUT2D eigenvalue weighted by molar-refractivity contribution is 5.29. The maximum absolute atomic E-state index is 12.4. The minimum atomic E-state index is -2.07. The highest BCUT2D eigenvalue weighted by atomic mass is 16.8. The fourth-order valence-electron chi connectivity index (χ4n) is 18.9. The number of aliphatic hydroxyl groups is 16. The van der Waals surface area contributed by atoms with Crippen molar-refractivity contribution < 1.29 is 134 Å². The molecule has 6 saturated heterocycles. The molecule has 0 amide bonds. The van der Waals surface area contributed by atoms with E-state index in [1.165, 1.54) is 0 Å². The average molecular weight is 1230 g/mol. The van der Waals surface area contributed by atoms with Crippen molar-refractivity contribution >= 4 is 0 Å². The predicted octanol–water partition coefficient (Wildman–Crippen LogP) is -4.28. The van der Waals surface area contributed by atoms with Crippen molar-refractivity contribution in [1.29, 1.82) is 0 Å². The number of hydrogen-bond donors (Lipinski definition) is 16. The van der Waals surface area contributed by atoms with Gasteiger partial charge in [-0.15, -0.1) is 0 Å². The lowest BCUT2D eigenvalue weighted by Crippen LogP contribution is -2.74. The molecule has 0 aromatic rings. The molecule has 1 spiro atoms. The quantitative estimate of drug-likeness (QED) is 0.0732. The molecular formula is C58H96O27. The van der Waals surface area contributed by atoms with Gasteiger partial charge in [0.1, 0.15) is 110 Å². The first kappa shape index (κ1) is 65.4. The maximum atomic E-state index is 12.4. The SMILES string of the molecule is CC1(C)CCC23COC4(CCC5C6(C)CCC(OC7OCC(OC8OC(CO)C(O)C(O)C8O)C(O)C7OC7OC(CO)C(OC8OC(CO)C(O)C(O)C8O)C(O)C7O)C(C)(CO)C6CCC5(C)C4(C)CC2OC2OCC(O)C(O)C2O)C3C1. The van der Waals surface area contributed by atoms with Crippen molar-refractivity contribution in [2.24, 2.45) is 50.2 Å². The Balaban J connectivity index is 0.859. The monoisotopic (exact) mass is 1220 g/mol. The van der Waals surface area contributed by atoms with Crippen LogP contribution in [0.4, 0.5) is 0 Å². The van der Waals surface area contributed by atoms with Gasteiger partial charge in [0.15, 0.2) is 31.5 Å². The molecule has 16 N–H and O–H groups in total. The Morgan fingerprint density at radius 1 is 0.435 bits per heavy atom. The third kappa shape index (κ3) is 10.3. The number of hydrogen-bond acceptors (Lipinski definition) is 27. The summed E-state index contributed by atoms with van der Waals surface area (Å²) in [5.74, 6) is 0.0502. The van der Waals surface area contributed by atoms with E-state index < -0.39 is 202 Å². The van der Waals surface area contributed by atoms with Gasteiger partial charge in [0, 0.05) is 16.2 Å². The molecule has 11 aliphatic rings. The molecule has 27 nitrogen and oxygen atoms in total. The fourth-order valence-corrected chi connectivity index (χ4v) is 18.9. The van der Waals surface area contributed by atoms with Gasteiger partial charge in [-0.1, -0.05) is 41.5 Å². The van der Waals surface area contributed by atoms with Gasteiger partial charge in [-0.2, -0.15) is 0 Å². The van der Waals surface area contributed by atoms with E-state index in [0.717, 1.165) is 38.5 Å². The highest BCUT2D eigenvalue weighted by Gasteiger charge is 2.81. The Morgan fingerprint density at radius 2 is 0.988 bits per heavy atom. The maximum Gasteiger partial charge on any atom is 0.187 e. The van der Waals surface area contributed by atoms with Gasteiger partial charge in [0.25, 0.3) is 0 Å². The molecule has 5 aliphatic carbocycles. The van der Waals surface area contributed by atoms with Crippen LogP contribution in [0.25, 0.3) is 0 Å². The lowest BCUT2D eigenvalue weighted by atomic mass is 9.30. The van der Waals surface area contributed by atoms with Crippen molar-refractivity contribution in [3.63, 3.8) is 0 Å². The van der Waals surface area contributed by atoms with Crippen molar-refractivity contribution in [3.05, 3.63) is 0 Å². The zero-order valence-electron chi connectivity index (χ0n) is 49.3. The second-order valence-corrected chi connectivity index (χ2v) is 28.8. The zero-order valence-corrected chi connectivity index (χ0v) is 49.3. The van der Waals surface area contributed by atoms with Crippen LogP contribution < -0.4 is 0 Å². The van der Waals surface area contributed by atoms with Crippen LogP contribution in [-0.4, -0.2) is 287 Å². The summed E-state index contributed by atoms with van der Waals surface area (Å²) < 4.78 is 68.9. The van der Waals surface area contributed by atoms with Gasteiger partial charge < -0.3 is 134 Å². The number of fused-ring (bicyclic) bond motifs is 4. The summed E-state index contributed by atoms with van der Waals surface area (Å²) >= 11 is 0. The molecule has 490 valence electrons. The van der Waals surface area contributed by atoms with E-state index in [2.05, 4.69) is 34.6 Å². The molecule has 11 rings (SSSR count). The minimum Gasteiger partial charge on any atom is -0.396 e. The number of ether oxygens (including phenoxy) is 11. The molecule has 85 heavy (non-hydrogen) atoms. The van der Waals surface area contributed by atoms with E-state index in [9.17, 15) is 81.7 Å². The van der Waals surface area contributed by atoms with Crippen LogP contribution in [0.1, 0.15) is 106 Å². The lowest BCUT2D eigenvalue weighted by molar-refractivity contribution is -0.393. The summed E-state index contributed by atoms with van der Waals surface area (Å²) in [4.78, 5) is 0. The molecular weight excluding hydrogens is 1130 g/mol. The summed E-state index contributed by atoms with van der Waals surface area (Å²) in [6.07, 6.45) is -32.4. The Morgan fingerprint density at radius 3 is 1.61 bits per heavy atom. The van der Waals surface area contributed by atoms with Crippen molar-refractivity contribution in [1.82, 2.24) is 0 Å². The lowest BCUT2D eigenvalue weighted by Gasteiger charge is -2.75. The average Bonchev–Trinajstić information content (AvgIpc) is 1.63. The second-order valence-electron chi connectivity index (χ2n) is 28.8. The molecule has 2 bridgehead atoms. The summed E-state index contributed by atoms with van der Waals surface area (Å²) in [5.41, 5.74) is -3.06. The van der Waals surface area contributed by atoms with Crippen LogP contribution in [0.2, 0.25) is 0 Å². The van der Waals surface area contributed by atoms with E-state index in [1.807, 2.05) is 6.92 Å². The van der Waals surface area contributed by atoms with Crippen molar-refractivity contribution in [3.8, 4) is 0 Å². The van der Waals surface area contributed by atoms with Crippen molar-refractivity contribution in [2.75, 3.05) is 46.2 Å². The Labute approximate surface area is 493 Å². The molecule has 6 heterocycles. The molecule has 34 unspecified atom stereocenters. The smallest absolute Gasteiger partial charge is 0.187 e. The first-order chi connectivity index (χ1) is 40.0. The molecule has 0 aromatic heterocycles. The number of aliphatic hydroxyl groups excluding tert-OH is 16. The minimum absolute atomic E-state index is 0.0203. The van der Waals surface area contributed by atoms with Gasteiger partial charge >= 0.3 is 0 Å². The highest BCUT2D eigenvalue weighted by Crippen LogP contribution is 2.81. The van der Waals surface area contributed by atoms with E-state index in [1.54, 1.807) is 0 Å². The van der Waals surface area contributed by atoms with Crippen LogP contribution >= 0.6 is 0 Å². The first-order valence-corrected chi connectivity index (χ1v) is 30.7. The summed E-state index contributed by atoms with van der Waals surface area (Å²) in [6, 6.07) is 0. The summed E-state index contributed by atoms with van der Waals surface area (Å²) in [5, 5.41) is 174. The second kappa shape index (κ2) is 23.8. The molecule has 5 saturated carbocycles. The van der Waals surface area contributed by atoms with E-state index in [-0.39, 0.29) is 47.2 Å². The van der Waals surface area contributed by atoms with E-state index >= 15 is 0 Å². The van der Waals surface area contributed by atoms with E-state index in [0.29, 0.717) is 32.3 Å². The van der Waals surface area contributed by atoms with E-state index in [4.69, 9.17) is 52.1 Å². The van der Waals surface area contributed by atoms with Crippen LogP contribution in [0.15, 0.2) is 0 Å². The number of rotatable bonds is 14. The Kier molecular flexibility index (Phi) is 18.3. The van der Waals surface area contributed by atoms with Crippen LogP contribution in [0.3, 0.4) is 0 Å². The van der Waals surface area contributed by atoms with Gasteiger partial charge in [-0.3, -0.25) is 0 Å². The molecule has 6 aliphatic heterocycles. The molecule has 27 heteroatoms. The topological polar surface area (TPSA) is 425 Å².